The Morgan fingerprint density at radius 1 is 1.24 bits per heavy atom. The number of nitrogens with one attached hydrogen (secondary N) is 1. The maximum Gasteiger partial charge on any atom is 0.184 e. The van der Waals surface area contributed by atoms with Crippen molar-refractivity contribution in [2.75, 3.05) is 0 Å². The number of aromatic amines is 1. The molecule has 0 atom stereocenters. The summed E-state index contributed by atoms with van der Waals surface area (Å²) in [7, 11) is 1.93. The number of hydrogen-bond acceptors (Lipinski definition) is 2. The molecular weight excluding hydrogens is 232 g/mol. The number of para-hydroxylation sites is 1. The van der Waals surface area contributed by atoms with Crippen LogP contribution >= 0.6 is 12.2 Å². The lowest BCUT2D eigenvalue weighted by atomic mass is 10.3. The first kappa shape index (κ1) is 10.3. The van der Waals surface area contributed by atoms with Crippen LogP contribution in [-0.2, 0) is 7.05 Å². The SMILES string of the molecule is Cc1nn(C)c2c1[nH]c(=S)n2-c1ccccc1. The zero-order valence-electron chi connectivity index (χ0n) is 9.64. The van der Waals surface area contributed by atoms with Crippen LogP contribution in [0.3, 0.4) is 0 Å². The van der Waals surface area contributed by atoms with Gasteiger partial charge in [-0.25, -0.2) is 4.68 Å². The van der Waals surface area contributed by atoms with E-state index in [2.05, 4.69) is 10.1 Å². The fourth-order valence-corrected chi connectivity index (χ4v) is 2.42. The Balaban J connectivity index is 2.44. The molecule has 0 amide bonds. The fraction of sp³-hybridized carbons (Fsp3) is 0.167. The van der Waals surface area contributed by atoms with Gasteiger partial charge in [0.2, 0.25) is 0 Å². The molecule has 86 valence electrons. The van der Waals surface area contributed by atoms with Crippen molar-refractivity contribution in [3.8, 4) is 5.69 Å². The van der Waals surface area contributed by atoms with Crippen LogP contribution in [-0.4, -0.2) is 19.3 Å². The van der Waals surface area contributed by atoms with Crippen LogP contribution < -0.4 is 0 Å². The Hall–Kier alpha value is -1.88. The van der Waals surface area contributed by atoms with E-state index < -0.39 is 0 Å². The quantitative estimate of drug-likeness (QED) is 0.668. The van der Waals surface area contributed by atoms with Crippen LogP contribution in [0.2, 0.25) is 0 Å². The van der Waals surface area contributed by atoms with Crippen LogP contribution in [0.25, 0.3) is 16.9 Å². The highest BCUT2D eigenvalue weighted by atomic mass is 32.1. The van der Waals surface area contributed by atoms with E-state index in [0.29, 0.717) is 4.77 Å². The van der Waals surface area contributed by atoms with Crippen molar-refractivity contribution >= 4 is 23.4 Å². The van der Waals surface area contributed by atoms with Crippen molar-refractivity contribution < 1.29 is 0 Å². The molecule has 2 aromatic heterocycles. The lowest BCUT2D eigenvalue weighted by molar-refractivity contribution is 0.759. The second-order valence-corrected chi connectivity index (χ2v) is 4.40. The van der Waals surface area contributed by atoms with Gasteiger partial charge < -0.3 is 4.98 Å². The number of imidazole rings is 1. The number of aromatic nitrogens is 4. The molecule has 0 aliphatic rings. The molecule has 0 radical (unpaired) electrons. The standard InChI is InChI=1S/C12H12N4S/c1-8-10-11(15(2)14-8)16(12(17)13-10)9-6-4-3-5-7-9/h3-7H,1-2H3,(H,13,17). The first-order valence-electron chi connectivity index (χ1n) is 5.38. The molecule has 0 bridgehead atoms. The minimum absolute atomic E-state index is 0.697. The molecule has 0 fully saturated rings. The number of aryl methyl sites for hydroxylation is 2. The van der Waals surface area contributed by atoms with Gasteiger partial charge in [-0.05, 0) is 31.3 Å². The highest BCUT2D eigenvalue weighted by Gasteiger charge is 2.13. The Labute approximate surface area is 104 Å². The molecule has 1 N–H and O–H groups in total. The maximum atomic E-state index is 5.37. The third-order valence-corrected chi connectivity index (χ3v) is 3.14. The first-order valence-corrected chi connectivity index (χ1v) is 5.79. The topological polar surface area (TPSA) is 38.5 Å². The zero-order valence-corrected chi connectivity index (χ0v) is 10.5. The van der Waals surface area contributed by atoms with Crippen LogP contribution in [0.15, 0.2) is 30.3 Å². The highest BCUT2D eigenvalue weighted by Crippen LogP contribution is 2.20. The monoisotopic (exact) mass is 244 g/mol. The minimum Gasteiger partial charge on any atom is -0.327 e. The van der Waals surface area contributed by atoms with E-state index in [4.69, 9.17) is 12.2 Å². The predicted octanol–water partition coefficient (Wildman–Crippen LogP) is 2.73. The van der Waals surface area contributed by atoms with Gasteiger partial charge >= 0.3 is 0 Å². The third-order valence-electron chi connectivity index (χ3n) is 2.85. The Morgan fingerprint density at radius 3 is 2.65 bits per heavy atom. The van der Waals surface area contributed by atoms with Gasteiger partial charge in [0.15, 0.2) is 10.4 Å². The summed E-state index contributed by atoms with van der Waals surface area (Å²) in [5.41, 5.74) is 4.01. The average Bonchev–Trinajstić information content (AvgIpc) is 2.79. The first-order chi connectivity index (χ1) is 8.18. The maximum absolute atomic E-state index is 5.37. The molecular formula is C12H12N4S. The highest BCUT2D eigenvalue weighted by molar-refractivity contribution is 7.71. The second kappa shape index (κ2) is 3.56. The predicted molar refractivity (Wildman–Crippen MR) is 70.0 cm³/mol. The Bertz CT molecular complexity index is 733. The van der Waals surface area contributed by atoms with E-state index in [1.54, 1.807) is 0 Å². The van der Waals surface area contributed by atoms with E-state index in [0.717, 1.165) is 22.5 Å². The number of benzene rings is 1. The number of fused-ring (bicyclic) bond motifs is 1. The summed E-state index contributed by atoms with van der Waals surface area (Å²) in [6, 6.07) is 10.1. The fourth-order valence-electron chi connectivity index (χ4n) is 2.12. The summed E-state index contributed by atoms with van der Waals surface area (Å²) in [5, 5.41) is 4.40. The molecule has 0 aliphatic heterocycles. The third kappa shape index (κ3) is 1.43. The minimum atomic E-state index is 0.697. The number of nitrogens with zero attached hydrogens (tertiary/aromatic N) is 3. The normalized spacial score (nSPS) is 11.2. The molecule has 0 spiro atoms. The van der Waals surface area contributed by atoms with Crippen molar-refractivity contribution in [2.24, 2.45) is 7.05 Å². The van der Waals surface area contributed by atoms with Crippen molar-refractivity contribution in [1.82, 2.24) is 19.3 Å². The molecule has 0 saturated heterocycles. The van der Waals surface area contributed by atoms with Gasteiger partial charge in [0.1, 0.15) is 5.52 Å². The van der Waals surface area contributed by atoms with Gasteiger partial charge in [-0.1, -0.05) is 18.2 Å². The van der Waals surface area contributed by atoms with Crippen LogP contribution in [0.1, 0.15) is 5.69 Å². The summed E-state index contributed by atoms with van der Waals surface area (Å²) in [5.74, 6) is 0. The molecule has 3 rings (SSSR count). The molecule has 1 aromatic carbocycles. The Morgan fingerprint density at radius 2 is 1.94 bits per heavy atom. The Kier molecular flexibility index (Phi) is 2.16. The van der Waals surface area contributed by atoms with Crippen molar-refractivity contribution in [2.45, 2.75) is 6.92 Å². The van der Waals surface area contributed by atoms with Gasteiger partial charge in [0.05, 0.1) is 5.69 Å². The summed E-state index contributed by atoms with van der Waals surface area (Å²) in [6.45, 7) is 1.98. The van der Waals surface area contributed by atoms with E-state index in [1.165, 1.54) is 0 Å². The second-order valence-electron chi connectivity index (χ2n) is 4.01. The van der Waals surface area contributed by atoms with Gasteiger partial charge in [-0.2, -0.15) is 5.10 Å². The number of H-pyrrole nitrogens is 1. The number of hydrogen-bond donors (Lipinski definition) is 1. The van der Waals surface area contributed by atoms with Crippen molar-refractivity contribution in [1.29, 1.82) is 0 Å². The van der Waals surface area contributed by atoms with E-state index in [1.807, 2.05) is 53.6 Å². The molecule has 17 heavy (non-hydrogen) atoms. The van der Waals surface area contributed by atoms with Crippen LogP contribution in [0, 0.1) is 11.7 Å². The van der Waals surface area contributed by atoms with Gasteiger partial charge in [-0.15, -0.1) is 0 Å². The lowest BCUT2D eigenvalue weighted by Gasteiger charge is -2.03. The summed E-state index contributed by atoms with van der Waals surface area (Å²) in [6.07, 6.45) is 0. The lowest BCUT2D eigenvalue weighted by Crippen LogP contribution is -2.00. The average molecular weight is 244 g/mol. The van der Waals surface area contributed by atoms with Gasteiger partial charge in [-0.3, -0.25) is 4.57 Å². The molecule has 5 heteroatoms. The van der Waals surface area contributed by atoms with E-state index >= 15 is 0 Å². The molecule has 2 heterocycles. The number of rotatable bonds is 1. The van der Waals surface area contributed by atoms with E-state index in [9.17, 15) is 0 Å². The molecule has 0 aliphatic carbocycles. The van der Waals surface area contributed by atoms with Gasteiger partial charge in [0, 0.05) is 12.7 Å². The smallest absolute Gasteiger partial charge is 0.184 e. The summed E-state index contributed by atoms with van der Waals surface area (Å²) >= 11 is 5.37. The van der Waals surface area contributed by atoms with Gasteiger partial charge in [0.25, 0.3) is 0 Å². The van der Waals surface area contributed by atoms with Crippen molar-refractivity contribution in [3.63, 3.8) is 0 Å². The van der Waals surface area contributed by atoms with Crippen LogP contribution in [0.4, 0.5) is 0 Å². The molecule has 3 aromatic rings. The summed E-state index contributed by atoms with van der Waals surface area (Å²) < 4.78 is 4.55. The molecule has 0 unspecified atom stereocenters. The van der Waals surface area contributed by atoms with Crippen LogP contribution in [0.5, 0.6) is 0 Å². The summed E-state index contributed by atoms with van der Waals surface area (Å²) in [4.78, 5) is 3.21. The molecule has 0 saturated carbocycles. The molecule has 4 nitrogen and oxygen atoms in total. The zero-order chi connectivity index (χ0) is 12.0. The van der Waals surface area contributed by atoms with Crippen molar-refractivity contribution in [3.05, 3.63) is 40.8 Å². The largest absolute Gasteiger partial charge is 0.327 e. The van der Waals surface area contributed by atoms with E-state index in [-0.39, 0.29) is 0 Å².